The summed E-state index contributed by atoms with van der Waals surface area (Å²) in [6, 6.07) is 18.6. The van der Waals surface area contributed by atoms with Gasteiger partial charge in [-0.25, -0.2) is 0 Å². The minimum atomic E-state index is -0.349. The van der Waals surface area contributed by atoms with Gasteiger partial charge >= 0.3 is 0 Å². The van der Waals surface area contributed by atoms with Gasteiger partial charge in [0.1, 0.15) is 0 Å². The van der Waals surface area contributed by atoms with Gasteiger partial charge in [0.2, 0.25) is 0 Å². The van der Waals surface area contributed by atoms with Gasteiger partial charge in [-0.2, -0.15) is 0 Å². The molecule has 0 aliphatic rings. The molecule has 0 spiro atoms. The highest BCUT2D eigenvalue weighted by Gasteiger charge is 2.22. The Kier molecular flexibility index (Phi) is 2.86. The number of carbonyl (C=O) groups is 1. The number of rotatable bonds is 1. The third kappa shape index (κ3) is 2.09. The van der Waals surface area contributed by atoms with Crippen molar-refractivity contribution in [2.24, 2.45) is 5.41 Å². The molecule has 0 bridgehead atoms. The van der Waals surface area contributed by atoms with E-state index in [1.165, 1.54) is 16.2 Å². The molecular formula is C19H18O. The van der Waals surface area contributed by atoms with Crippen molar-refractivity contribution in [3.63, 3.8) is 0 Å². The van der Waals surface area contributed by atoms with E-state index in [-0.39, 0.29) is 11.2 Å². The predicted molar refractivity (Wildman–Crippen MR) is 85.2 cm³/mol. The van der Waals surface area contributed by atoms with Crippen molar-refractivity contribution < 1.29 is 4.79 Å². The third-order valence-corrected chi connectivity index (χ3v) is 3.69. The fourth-order valence-electron chi connectivity index (χ4n) is 2.58. The van der Waals surface area contributed by atoms with Crippen LogP contribution in [0.3, 0.4) is 0 Å². The molecule has 1 heteroatoms. The van der Waals surface area contributed by atoms with Crippen molar-refractivity contribution in [2.45, 2.75) is 20.8 Å². The molecule has 0 aliphatic carbocycles. The van der Waals surface area contributed by atoms with Gasteiger partial charge < -0.3 is 0 Å². The Morgan fingerprint density at radius 1 is 0.800 bits per heavy atom. The maximum absolute atomic E-state index is 12.4. The lowest BCUT2D eigenvalue weighted by atomic mass is 9.85. The van der Waals surface area contributed by atoms with Crippen molar-refractivity contribution in [1.29, 1.82) is 0 Å². The zero-order chi connectivity index (χ0) is 14.3. The van der Waals surface area contributed by atoms with E-state index in [1.807, 2.05) is 51.1 Å². The molecule has 0 amide bonds. The molecule has 0 saturated heterocycles. The zero-order valence-corrected chi connectivity index (χ0v) is 12.1. The normalized spacial score (nSPS) is 11.9. The molecule has 3 aromatic rings. The third-order valence-electron chi connectivity index (χ3n) is 3.69. The molecule has 0 radical (unpaired) electrons. The summed E-state index contributed by atoms with van der Waals surface area (Å²) in [5.74, 6) is 0.187. The minimum Gasteiger partial charge on any atom is -0.294 e. The Morgan fingerprint density at radius 3 is 2.10 bits per heavy atom. The lowest BCUT2D eigenvalue weighted by Crippen LogP contribution is -2.20. The molecule has 0 N–H and O–H groups in total. The van der Waals surface area contributed by atoms with Gasteiger partial charge in [0.15, 0.2) is 5.78 Å². The predicted octanol–water partition coefficient (Wildman–Crippen LogP) is 5.22. The van der Waals surface area contributed by atoms with Crippen LogP contribution in [-0.4, -0.2) is 5.78 Å². The summed E-state index contributed by atoms with van der Waals surface area (Å²) in [6.07, 6.45) is 0. The highest BCUT2D eigenvalue weighted by atomic mass is 16.1. The maximum Gasteiger partial charge on any atom is 0.168 e. The van der Waals surface area contributed by atoms with Crippen LogP contribution in [0.1, 0.15) is 31.1 Å². The quantitative estimate of drug-likeness (QED) is 0.434. The van der Waals surface area contributed by atoms with E-state index >= 15 is 0 Å². The van der Waals surface area contributed by atoms with Crippen LogP contribution < -0.4 is 0 Å². The Bertz CT molecular complexity index is 807. The fourth-order valence-corrected chi connectivity index (χ4v) is 2.58. The summed E-state index contributed by atoms with van der Waals surface area (Å²) in [6.45, 7) is 5.88. The topological polar surface area (TPSA) is 17.1 Å². The molecule has 3 rings (SSSR count). The Labute approximate surface area is 119 Å². The summed E-state index contributed by atoms with van der Waals surface area (Å²) in [5.41, 5.74) is 0.444. The average molecular weight is 262 g/mol. The van der Waals surface area contributed by atoms with Crippen LogP contribution in [0.2, 0.25) is 0 Å². The van der Waals surface area contributed by atoms with E-state index in [9.17, 15) is 4.79 Å². The molecule has 0 aliphatic heterocycles. The first kappa shape index (κ1) is 12.9. The molecule has 0 saturated carbocycles. The van der Waals surface area contributed by atoms with Crippen molar-refractivity contribution in [1.82, 2.24) is 0 Å². The Morgan fingerprint density at radius 2 is 1.40 bits per heavy atom. The van der Waals surface area contributed by atoms with E-state index in [0.29, 0.717) is 0 Å². The van der Waals surface area contributed by atoms with Crippen LogP contribution in [0.4, 0.5) is 0 Å². The molecular weight excluding hydrogens is 244 g/mol. The lowest BCUT2D eigenvalue weighted by Gasteiger charge is -2.17. The van der Waals surface area contributed by atoms with Gasteiger partial charge in [0.05, 0.1) is 0 Å². The van der Waals surface area contributed by atoms with E-state index < -0.39 is 0 Å². The van der Waals surface area contributed by atoms with Crippen LogP contribution in [-0.2, 0) is 0 Å². The Hall–Kier alpha value is -2.15. The lowest BCUT2D eigenvalue weighted by molar-refractivity contribution is 0.0858. The SMILES string of the molecule is CC(C)(C)C(=O)c1ccc2ccc3ccccc3c2c1. The smallest absolute Gasteiger partial charge is 0.168 e. The van der Waals surface area contributed by atoms with Crippen LogP contribution >= 0.6 is 0 Å². The first-order valence-corrected chi connectivity index (χ1v) is 6.93. The van der Waals surface area contributed by atoms with Crippen LogP contribution in [0, 0.1) is 5.41 Å². The van der Waals surface area contributed by atoms with Crippen molar-refractivity contribution in [3.8, 4) is 0 Å². The van der Waals surface area contributed by atoms with Crippen molar-refractivity contribution >= 4 is 27.3 Å². The molecule has 0 unspecified atom stereocenters. The van der Waals surface area contributed by atoms with E-state index in [2.05, 4.69) is 24.3 Å². The molecule has 0 heterocycles. The number of hydrogen-bond acceptors (Lipinski definition) is 1. The fraction of sp³-hybridized carbons (Fsp3) is 0.211. The summed E-state index contributed by atoms with van der Waals surface area (Å²) in [4.78, 5) is 12.4. The minimum absolute atomic E-state index is 0.187. The average Bonchev–Trinajstić information content (AvgIpc) is 2.45. The highest BCUT2D eigenvalue weighted by molar-refractivity contribution is 6.11. The zero-order valence-electron chi connectivity index (χ0n) is 12.1. The number of fused-ring (bicyclic) bond motifs is 3. The maximum atomic E-state index is 12.4. The molecule has 0 fully saturated rings. The molecule has 3 aromatic carbocycles. The molecule has 0 aromatic heterocycles. The van der Waals surface area contributed by atoms with Gasteiger partial charge in [-0.15, -0.1) is 0 Å². The van der Waals surface area contributed by atoms with Crippen LogP contribution in [0.15, 0.2) is 54.6 Å². The molecule has 100 valence electrons. The van der Waals surface area contributed by atoms with E-state index in [1.54, 1.807) is 0 Å². The summed E-state index contributed by atoms with van der Waals surface area (Å²) >= 11 is 0. The second-order valence-corrected chi connectivity index (χ2v) is 6.30. The second kappa shape index (κ2) is 4.45. The summed E-state index contributed by atoms with van der Waals surface area (Å²) in [7, 11) is 0. The monoisotopic (exact) mass is 262 g/mol. The highest BCUT2D eigenvalue weighted by Crippen LogP contribution is 2.28. The van der Waals surface area contributed by atoms with Gasteiger partial charge in [0, 0.05) is 11.0 Å². The Balaban J connectivity index is 2.29. The van der Waals surface area contributed by atoms with Crippen LogP contribution in [0.25, 0.3) is 21.5 Å². The van der Waals surface area contributed by atoms with Gasteiger partial charge in [-0.1, -0.05) is 69.3 Å². The number of ketones is 1. The first-order chi connectivity index (χ1) is 9.47. The van der Waals surface area contributed by atoms with Gasteiger partial charge in [-0.05, 0) is 27.6 Å². The van der Waals surface area contributed by atoms with Gasteiger partial charge in [0.25, 0.3) is 0 Å². The van der Waals surface area contributed by atoms with Gasteiger partial charge in [-0.3, -0.25) is 4.79 Å². The summed E-state index contributed by atoms with van der Waals surface area (Å²) in [5, 5.41) is 4.74. The van der Waals surface area contributed by atoms with Crippen LogP contribution in [0.5, 0.6) is 0 Å². The molecule has 20 heavy (non-hydrogen) atoms. The van der Waals surface area contributed by atoms with E-state index in [4.69, 9.17) is 0 Å². The van der Waals surface area contributed by atoms with Crippen molar-refractivity contribution in [3.05, 3.63) is 60.2 Å². The largest absolute Gasteiger partial charge is 0.294 e. The number of hydrogen-bond donors (Lipinski definition) is 0. The molecule has 0 atom stereocenters. The standard InChI is InChI=1S/C19H18O/c1-19(2,3)18(20)15-11-10-14-9-8-13-6-4-5-7-16(13)17(14)12-15/h4-12H,1-3H3. The van der Waals surface area contributed by atoms with E-state index in [0.717, 1.165) is 10.9 Å². The molecule has 1 nitrogen and oxygen atoms in total. The number of benzene rings is 3. The summed E-state index contributed by atoms with van der Waals surface area (Å²) < 4.78 is 0. The number of Topliss-reactive ketones (excluding diaryl/α,β-unsaturated/α-hetero) is 1. The number of carbonyl (C=O) groups excluding carboxylic acids is 1. The second-order valence-electron chi connectivity index (χ2n) is 6.30. The van der Waals surface area contributed by atoms with Crippen molar-refractivity contribution in [2.75, 3.05) is 0 Å². The first-order valence-electron chi connectivity index (χ1n) is 6.93.